The van der Waals surface area contributed by atoms with Gasteiger partial charge >= 0.3 is 0 Å². The zero-order valence-electron chi connectivity index (χ0n) is 15.3. The molecule has 23 heavy (non-hydrogen) atoms. The molecule has 1 heterocycles. The van der Waals surface area contributed by atoms with Crippen LogP contribution in [0.5, 0.6) is 0 Å². The number of amides is 1. The van der Waals surface area contributed by atoms with Crippen molar-refractivity contribution in [3.8, 4) is 0 Å². The molecule has 0 spiro atoms. The minimum absolute atomic E-state index is 0. The van der Waals surface area contributed by atoms with Gasteiger partial charge in [0.2, 0.25) is 5.91 Å². The van der Waals surface area contributed by atoms with Crippen LogP contribution in [0.25, 0.3) is 0 Å². The molecule has 2 atom stereocenters. The largest absolute Gasteiger partial charge is 0.379 e. The molecule has 1 rings (SSSR count). The lowest BCUT2D eigenvalue weighted by Crippen LogP contribution is -2.49. The van der Waals surface area contributed by atoms with E-state index in [0.29, 0.717) is 13.0 Å². The summed E-state index contributed by atoms with van der Waals surface area (Å²) in [7, 11) is 3.50. The standard InChI is InChI=1S/C16H32N4O2.HI/c1-7-14(21)20-9-8-12(11-20)19-15(17-5)18-10-13(22-6)16(2,3)4;/h12-13H,7-11H2,1-6H3,(H2,17,18,19);1H. The summed E-state index contributed by atoms with van der Waals surface area (Å²) < 4.78 is 5.54. The highest BCUT2D eigenvalue weighted by molar-refractivity contribution is 14.0. The van der Waals surface area contributed by atoms with E-state index in [1.165, 1.54) is 0 Å². The molecule has 0 aromatic rings. The summed E-state index contributed by atoms with van der Waals surface area (Å²) in [5.74, 6) is 0.988. The van der Waals surface area contributed by atoms with Crippen molar-refractivity contribution in [1.82, 2.24) is 15.5 Å². The van der Waals surface area contributed by atoms with Crippen LogP contribution in [0.1, 0.15) is 40.5 Å². The zero-order chi connectivity index (χ0) is 16.8. The Kier molecular flexibility index (Phi) is 10.1. The van der Waals surface area contributed by atoms with Gasteiger partial charge in [-0.1, -0.05) is 27.7 Å². The van der Waals surface area contributed by atoms with Crippen molar-refractivity contribution in [3.63, 3.8) is 0 Å². The Morgan fingerprint density at radius 2 is 2.09 bits per heavy atom. The van der Waals surface area contributed by atoms with Crippen LogP contribution in [0, 0.1) is 5.41 Å². The lowest BCUT2D eigenvalue weighted by atomic mass is 9.89. The van der Waals surface area contributed by atoms with Crippen LogP contribution in [0.2, 0.25) is 0 Å². The molecular weight excluding hydrogens is 407 g/mol. The highest BCUT2D eigenvalue weighted by atomic mass is 127. The van der Waals surface area contributed by atoms with Crippen molar-refractivity contribution < 1.29 is 9.53 Å². The molecule has 136 valence electrons. The number of hydrogen-bond donors (Lipinski definition) is 2. The van der Waals surface area contributed by atoms with Gasteiger partial charge in [0.25, 0.3) is 0 Å². The predicted octanol–water partition coefficient (Wildman–Crippen LogP) is 1.84. The molecule has 1 aliphatic rings. The van der Waals surface area contributed by atoms with Crippen LogP contribution in [-0.4, -0.2) is 62.7 Å². The summed E-state index contributed by atoms with van der Waals surface area (Å²) in [6.45, 7) is 10.6. The van der Waals surface area contributed by atoms with Gasteiger partial charge in [-0.25, -0.2) is 0 Å². The van der Waals surface area contributed by atoms with Crippen molar-refractivity contribution in [1.29, 1.82) is 0 Å². The first-order valence-electron chi connectivity index (χ1n) is 8.09. The second-order valence-corrected chi connectivity index (χ2v) is 6.87. The summed E-state index contributed by atoms with van der Waals surface area (Å²) in [6, 6.07) is 0.261. The van der Waals surface area contributed by atoms with Crippen molar-refractivity contribution in [2.75, 3.05) is 33.8 Å². The molecule has 1 saturated heterocycles. The molecule has 1 amide bonds. The van der Waals surface area contributed by atoms with Gasteiger partial charge in [0, 0.05) is 46.3 Å². The van der Waals surface area contributed by atoms with Crippen LogP contribution in [0.4, 0.5) is 0 Å². The minimum Gasteiger partial charge on any atom is -0.379 e. The summed E-state index contributed by atoms with van der Waals surface area (Å²) in [4.78, 5) is 17.9. The molecule has 6 nitrogen and oxygen atoms in total. The first kappa shape index (κ1) is 22.4. The van der Waals surface area contributed by atoms with Gasteiger partial charge in [0.1, 0.15) is 0 Å². The normalized spacial score (nSPS) is 20.0. The Morgan fingerprint density at radius 3 is 2.57 bits per heavy atom. The minimum atomic E-state index is 0. The number of halogens is 1. The van der Waals surface area contributed by atoms with E-state index in [-0.39, 0.29) is 47.4 Å². The van der Waals surface area contributed by atoms with E-state index < -0.39 is 0 Å². The first-order valence-corrected chi connectivity index (χ1v) is 8.09. The fourth-order valence-electron chi connectivity index (χ4n) is 2.65. The average Bonchev–Trinajstić information content (AvgIpc) is 2.92. The SMILES string of the molecule is CCC(=O)N1CCC(NC(=NC)NCC(OC)C(C)(C)C)C1.I. The fourth-order valence-corrected chi connectivity index (χ4v) is 2.65. The number of aliphatic imine (C=N–C) groups is 1. The molecule has 2 N–H and O–H groups in total. The van der Waals surface area contributed by atoms with Crippen LogP contribution >= 0.6 is 24.0 Å². The van der Waals surface area contributed by atoms with Crippen molar-refractivity contribution >= 4 is 35.8 Å². The summed E-state index contributed by atoms with van der Waals surface area (Å²) in [5.41, 5.74) is 0.0678. The van der Waals surface area contributed by atoms with Gasteiger partial charge in [-0.15, -0.1) is 24.0 Å². The quantitative estimate of drug-likeness (QED) is 0.389. The topological polar surface area (TPSA) is 66.0 Å². The summed E-state index contributed by atoms with van der Waals surface area (Å²) in [6.07, 6.45) is 1.63. The molecule has 2 unspecified atom stereocenters. The average molecular weight is 440 g/mol. The van der Waals surface area contributed by atoms with E-state index in [1.807, 2.05) is 11.8 Å². The van der Waals surface area contributed by atoms with Crippen molar-refractivity contribution in [3.05, 3.63) is 0 Å². The number of guanidine groups is 1. The molecule has 1 fully saturated rings. The Morgan fingerprint density at radius 1 is 1.43 bits per heavy atom. The highest BCUT2D eigenvalue weighted by Crippen LogP contribution is 2.20. The third-order valence-corrected chi connectivity index (χ3v) is 4.11. The molecule has 7 heteroatoms. The summed E-state index contributed by atoms with van der Waals surface area (Å²) >= 11 is 0. The number of methoxy groups -OCH3 is 1. The van der Waals surface area contributed by atoms with Gasteiger partial charge < -0.3 is 20.3 Å². The number of nitrogens with zero attached hydrogens (tertiary/aromatic N) is 2. The van der Waals surface area contributed by atoms with E-state index in [1.54, 1.807) is 14.2 Å². The summed E-state index contributed by atoms with van der Waals surface area (Å²) in [5, 5.41) is 6.72. The third kappa shape index (κ3) is 7.24. The lowest BCUT2D eigenvalue weighted by Gasteiger charge is -2.30. The molecular formula is C16H33IN4O2. The van der Waals surface area contributed by atoms with E-state index in [9.17, 15) is 4.79 Å². The maximum Gasteiger partial charge on any atom is 0.222 e. The Bertz CT molecular complexity index is 396. The number of ether oxygens (including phenoxy) is 1. The number of hydrogen-bond acceptors (Lipinski definition) is 3. The van der Waals surface area contributed by atoms with E-state index in [2.05, 4.69) is 36.4 Å². The van der Waals surface area contributed by atoms with Gasteiger partial charge in [0.15, 0.2) is 5.96 Å². The fraction of sp³-hybridized carbons (Fsp3) is 0.875. The van der Waals surface area contributed by atoms with E-state index in [4.69, 9.17) is 4.74 Å². The molecule has 0 saturated carbocycles. The predicted molar refractivity (Wildman–Crippen MR) is 105 cm³/mol. The second kappa shape index (κ2) is 10.3. The zero-order valence-corrected chi connectivity index (χ0v) is 17.6. The monoisotopic (exact) mass is 440 g/mol. The molecule has 0 radical (unpaired) electrons. The Balaban J connectivity index is 0.00000484. The van der Waals surface area contributed by atoms with Gasteiger partial charge in [-0.2, -0.15) is 0 Å². The molecule has 0 aliphatic carbocycles. The Hall–Kier alpha value is -0.570. The van der Waals surface area contributed by atoms with E-state index >= 15 is 0 Å². The van der Waals surface area contributed by atoms with Gasteiger partial charge in [-0.3, -0.25) is 9.79 Å². The number of rotatable bonds is 5. The molecule has 0 aromatic carbocycles. The Labute approximate surface area is 157 Å². The van der Waals surface area contributed by atoms with Crippen LogP contribution < -0.4 is 10.6 Å². The maximum atomic E-state index is 11.7. The second-order valence-electron chi connectivity index (χ2n) is 6.87. The first-order chi connectivity index (χ1) is 10.3. The van der Waals surface area contributed by atoms with Crippen LogP contribution in [0.3, 0.4) is 0 Å². The van der Waals surface area contributed by atoms with Crippen molar-refractivity contribution in [2.45, 2.75) is 52.7 Å². The van der Waals surface area contributed by atoms with Crippen LogP contribution in [-0.2, 0) is 9.53 Å². The number of likely N-dealkylation sites (tertiary alicyclic amines) is 1. The number of nitrogens with one attached hydrogen (secondary N) is 2. The van der Waals surface area contributed by atoms with Crippen LogP contribution in [0.15, 0.2) is 4.99 Å². The number of carbonyl (C=O) groups excluding carboxylic acids is 1. The van der Waals surface area contributed by atoms with Gasteiger partial charge in [0.05, 0.1) is 6.10 Å². The molecule has 0 bridgehead atoms. The highest BCUT2D eigenvalue weighted by Gasteiger charge is 2.27. The molecule has 1 aliphatic heterocycles. The van der Waals surface area contributed by atoms with E-state index in [0.717, 1.165) is 25.5 Å². The smallest absolute Gasteiger partial charge is 0.222 e. The van der Waals surface area contributed by atoms with Crippen molar-refractivity contribution in [2.24, 2.45) is 10.4 Å². The third-order valence-electron chi connectivity index (χ3n) is 4.11. The maximum absolute atomic E-state index is 11.7. The van der Waals surface area contributed by atoms with Gasteiger partial charge in [-0.05, 0) is 11.8 Å². The lowest BCUT2D eigenvalue weighted by molar-refractivity contribution is -0.129. The number of carbonyl (C=O) groups is 1. The molecule has 0 aromatic heterocycles.